The van der Waals surface area contributed by atoms with Crippen LogP contribution in [0.2, 0.25) is 0 Å². The summed E-state index contributed by atoms with van der Waals surface area (Å²) >= 11 is 0. The van der Waals surface area contributed by atoms with Crippen LogP contribution in [-0.4, -0.2) is 0 Å². The highest BCUT2D eigenvalue weighted by Crippen LogP contribution is 2.30. The molecule has 0 amide bonds. The molecule has 1 aromatic rings. The number of hydrogen-bond donors (Lipinski definition) is 0. The van der Waals surface area contributed by atoms with E-state index in [0.717, 1.165) is 0 Å². The van der Waals surface area contributed by atoms with Crippen molar-refractivity contribution in [3.05, 3.63) is 35.4 Å². The van der Waals surface area contributed by atoms with E-state index in [-0.39, 0.29) is 12.0 Å². The maximum Gasteiger partial charge on any atom is 0.273 e. The fourth-order valence-electron chi connectivity index (χ4n) is 0.993. The maximum atomic E-state index is 13.0. The maximum absolute atomic E-state index is 13.0. The van der Waals surface area contributed by atoms with Gasteiger partial charge in [-0.25, -0.2) is 8.78 Å². The van der Waals surface area contributed by atoms with Gasteiger partial charge in [0.15, 0.2) is 0 Å². The lowest BCUT2D eigenvalue weighted by atomic mass is 10.0. The van der Waals surface area contributed by atoms with Crippen molar-refractivity contribution in [1.29, 1.82) is 5.26 Å². The average molecular weight is 211 g/mol. The molecule has 1 rings (SSSR count). The Labute approximate surface area is 89.4 Å². The first kappa shape index (κ1) is 13.6. The summed E-state index contributed by atoms with van der Waals surface area (Å²) in [6.45, 7) is 5.43. The summed E-state index contributed by atoms with van der Waals surface area (Å²) in [7, 11) is 0. The van der Waals surface area contributed by atoms with Crippen molar-refractivity contribution >= 4 is 0 Å². The molecule has 0 aliphatic heterocycles. The molecule has 0 unspecified atom stereocenters. The first-order valence-corrected chi connectivity index (χ1v) is 4.98. The van der Waals surface area contributed by atoms with E-state index in [1.165, 1.54) is 31.2 Å². The van der Waals surface area contributed by atoms with Crippen molar-refractivity contribution in [2.75, 3.05) is 0 Å². The molecule has 1 nitrogen and oxygen atoms in total. The smallest absolute Gasteiger partial charge is 0.201 e. The number of rotatable bonds is 2. The minimum absolute atomic E-state index is 0.0333. The molecule has 0 aliphatic rings. The summed E-state index contributed by atoms with van der Waals surface area (Å²) < 4.78 is 26.1. The van der Waals surface area contributed by atoms with Crippen LogP contribution in [-0.2, 0) is 5.92 Å². The molecule has 15 heavy (non-hydrogen) atoms. The monoisotopic (exact) mass is 211 g/mol. The number of benzene rings is 1. The van der Waals surface area contributed by atoms with E-state index in [4.69, 9.17) is 5.26 Å². The van der Waals surface area contributed by atoms with E-state index in [1.54, 1.807) is 0 Å². The van der Waals surface area contributed by atoms with Crippen LogP contribution in [0.25, 0.3) is 0 Å². The fraction of sp³-hybridized carbons (Fsp3) is 0.417. The van der Waals surface area contributed by atoms with Gasteiger partial charge < -0.3 is 0 Å². The molecule has 0 saturated carbocycles. The number of hydrogen-bond acceptors (Lipinski definition) is 1. The highest BCUT2D eigenvalue weighted by atomic mass is 19.3. The van der Waals surface area contributed by atoms with Crippen LogP contribution in [0.15, 0.2) is 24.3 Å². The number of halogens is 2. The Hall–Kier alpha value is -1.43. The molecule has 0 radical (unpaired) electrons. The van der Waals surface area contributed by atoms with E-state index in [2.05, 4.69) is 0 Å². The molecule has 0 atom stereocenters. The Balaban J connectivity index is 0.000000921. The molecular formula is C12H15F2N. The predicted molar refractivity (Wildman–Crippen MR) is 56.7 cm³/mol. The predicted octanol–water partition coefficient (Wildman–Crippen LogP) is 4.09. The van der Waals surface area contributed by atoms with Crippen molar-refractivity contribution < 1.29 is 8.78 Å². The lowest BCUT2D eigenvalue weighted by Gasteiger charge is -2.13. The summed E-state index contributed by atoms with van der Waals surface area (Å²) in [5.41, 5.74) is 0.365. The Morgan fingerprint density at radius 2 is 1.67 bits per heavy atom. The van der Waals surface area contributed by atoms with E-state index in [1.807, 2.05) is 19.9 Å². The summed E-state index contributed by atoms with van der Waals surface area (Å²) in [4.78, 5) is 0. The third-order valence-corrected chi connectivity index (χ3v) is 1.88. The lowest BCUT2D eigenvalue weighted by Crippen LogP contribution is -2.10. The van der Waals surface area contributed by atoms with E-state index >= 15 is 0 Å². The van der Waals surface area contributed by atoms with Crippen molar-refractivity contribution in [2.24, 2.45) is 0 Å². The van der Waals surface area contributed by atoms with Gasteiger partial charge in [0.1, 0.15) is 0 Å². The molecule has 82 valence electrons. The standard InChI is InChI=1S/C10H9F2N.C2H6/c1-2-10(11,12)9-5-3-8(7-13)4-6-9;1-2/h3-6H,2H2,1H3;1-2H3. The Morgan fingerprint density at radius 1 is 1.20 bits per heavy atom. The van der Waals surface area contributed by atoms with Crippen LogP contribution in [0.4, 0.5) is 8.78 Å². The molecule has 0 aliphatic carbocycles. The molecule has 0 spiro atoms. The zero-order valence-electron chi connectivity index (χ0n) is 9.22. The first-order chi connectivity index (χ1) is 7.10. The van der Waals surface area contributed by atoms with Gasteiger partial charge in [0.25, 0.3) is 5.92 Å². The van der Waals surface area contributed by atoms with Gasteiger partial charge in [-0.1, -0.05) is 32.9 Å². The zero-order valence-corrected chi connectivity index (χ0v) is 9.22. The second-order valence-corrected chi connectivity index (χ2v) is 2.75. The third-order valence-electron chi connectivity index (χ3n) is 1.88. The second kappa shape index (κ2) is 6.13. The normalized spacial score (nSPS) is 9.87. The summed E-state index contributed by atoms with van der Waals surface area (Å²) in [5.74, 6) is -2.78. The highest BCUT2D eigenvalue weighted by Gasteiger charge is 2.28. The molecule has 0 saturated heterocycles. The Kier molecular flexibility index (Phi) is 5.54. The van der Waals surface area contributed by atoms with Crippen LogP contribution < -0.4 is 0 Å². The highest BCUT2D eigenvalue weighted by molar-refractivity contribution is 5.33. The van der Waals surface area contributed by atoms with Crippen LogP contribution in [0, 0.1) is 11.3 Å². The Bertz CT molecular complexity index is 322. The van der Waals surface area contributed by atoms with Gasteiger partial charge in [0.2, 0.25) is 0 Å². The van der Waals surface area contributed by atoms with E-state index in [0.29, 0.717) is 5.56 Å². The topological polar surface area (TPSA) is 23.8 Å². The minimum atomic E-state index is -2.78. The molecule has 0 bridgehead atoms. The average Bonchev–Trinajstić information content (AvgIpc) is 2.32. The number of alkyl halides is 2. The summed E-state index contributed by atoms with van der Waals surface area (Å²) in [6, 6.07) is 7.27. The lowest BCUT2D eigenvalue weighted by molar-refractivity contribution is -0.00828. The molecule has 0 aromatic heterocycles. The number of nitriles is 1. The Morgan fingerprint density at radius 3 is 2.00 bits per heavy atom. The van der Waals surface area contributed by atoms with E-state index < -0.39 is 5.92 Å². The first-order valence-electron chi connectivity index (χ1n) is 4.98. The van der Waals surface area contributed by atoms with Gasteiger partial charge in [0, 0.05) is 12.0 Å². The molecule has 0 heterocycles. The van der Waals surface area contributed by atoms with Crippen LogP contribution in [0.1, 0.15) is 38.3 Å². The largest absolute Gasteiger partial charge is 0.273 e. The van der Waals surface area contributed by atoms with Gasteiger partial charge in [0.05, 0.1) is 11.6 Å². The quantitative estimate of drug-likeness (QED) is 0.722. The van der Waals surface area contributed by atoms with Gasteiger partial charge >= 0.3 is 0 Å². The van der Waals surface area contributed by atoms with Crippen LogP contribution in [0.3, 0.4) is 0 Å². The number of nitrogens with zero attached hydrogens (tertiary/aromatic N) is 1. The van der Waals surface area contributed by atoms with Gasteiger partial charge in [-0.15, -0.1) is 0 Å². The molecule has 0 fully saturated rings. The molecule has 3 heteroatoms. The minimum Gasteiger partial charge on any atom is -0.201 e. The molecule has 1 aromatic carbocycles. The van der Waals surface area contributed by atoms with Crippen LogP contribution in [0.5, 0.6) is 0 Å². The zero-order chi connectivity index (χ0) is 11.9. The van der Waals surface area contributed by atoms with Gasteiger partial charge in [-0.2, -0.15) is 5.26 Å². The van der Waals surface area contributed by atoms with E-state index in [9.17, 15) is 8.78 Å². The fourth-order valence-corrected chi connectivity index (χ4v) is 0.993. The van der Waals surface area contributed by atoms with Crippen molar-refractivity contribution in [3.63, 3.8) is 0 Å². The van der Waals surface area contributed by atoms with Crippen molar-refractivity contribution in [3.8, 4) is 6.07 Å². The summed E-state index contributed by atoms with van der Waals surface area (Å²) in [6.07, 6.45) is -0.223. The van der Waals surface area contributed by atoms with Gasteiger partial charge in [-0.05, 0) is 12.1 Å². The molecular weight excluding hydrogens is 196 g/mol. The van der Waals surface area contributed by atoms with Crippen LogP contribution >= 0.6 is 0 Å². The second-order valence-electron chi connectivity index (χ2n) is 2.75. The van der Waals surface area contributed by atoms with Crippen molar-refractivity contribution in [2.45, 2.75) is 33.1 Å². The third kappa shape index (κ3) is 3.67. The SMILES string of the molecule is CC.CCC(F)(F)c1ccc(C#N)cc1. The van der Waals surface area contributed by atoms with Gasteiger partial charge in [-0.3, -0.25) is 0 Å². The van der Waals surface area contributed by atoms with Crippen molar-refractivity contribution in [1.82, 2.24) is 0 Å². The summed E-state index contributed by atoms with van der Waals surface area (Å²) in [5, 5.41) is 8.45. The molecule has 0 N–H and O–H groups in total.